The maximum atomic E-state index is 12.4. The molecule has 0 saturated heterocycles. The molecule has 1 amide bonds. The molecule has 1 fully saturated rings. The first-order chi connectivity index (χ1) is 12.9. The number of benzene rings is 1. The molecule has 1 atom stereocenters. The maximum Gasteiger partial charge on any atom is 0.232 e. The quantitative estimate of drug-likeness (QED) is 0.788. The fourth-order valence-corrected chi connectivity index (χ4v) is 3.60. The van der Waals surface area contributed by atoms with Crippen molar-refractivity contribution in [2.75, 3.05) is 0 Å². The number of aromatic nitrogens is 1. The van der Waals surface area contributed by atoms with Crippen molar-refractivity contribution in [3.05, 3.63) is 59.2 Å². The van der Waals surface area contributed by atoms with Gasteiger partial charge in [0.25, 0.3) is 0 Å². The Morgan fingerprint density at radius 3 is 2.59 bits per heavy atom. The van der Waals surface area contributed by atoms with Crippen LogP contribution in [0.5, 0.6) is 5.88 Å². The zero-order chi connectivity index (χ0) is 19.3. The minimum Gasteiger partial charge on any atom is -0.473 e. The van der Waals surface area contributed by atoms with E-state index in [-0.39, 0.29) is 24.5 Å². The van der Waals surface area contributed by atoms with Gasteiger partial charge >= 0.3 is 0 Å². The number of ether oxygens (including phenoxy) is 1. The lowest BCUT2D eigenvalue weighted by Gasteiger charge is -2.30. The molecule has 1 unspecified atom stereocenters. The van der Waals surface area contributed by atoms with E-state index in [4.69, 9.17) is 16.3 Å². The second kappa shape index (κ2) is 8.72. The van der Waals surface area contributed by atoms with Crippen LogP contribution in [-0.2, 0) is 10.4 Å². The summed E-state index contributed by atoms with van der Waals surface area (Å²) in [4.78, 5) is 16.5. The maximum absolute atomic E-state index is 12.4. The fourth-order valence-electron chi connectivity index (χ4n) is 3.43. The first kappa shape index (κ1) is 19.6. The van der Waals surface area contributed by atoms with Gasteiger partial charge in [0, 0.05) is 12.2 Å². The van der Waals surface area contributed by atoms with Gasteiger partial charge in [-0.3, -0.25) is 4.79 Å². The molecule has 0 aliphatic heterocycles. The highest BCUT2D eigenvalue weighted by Crippen LogP contribution is 2.28. The van der Waals surface area contributed by atoms with Gasteiger partial charge in [-0.05, 0) is 50.3 Å². The van der Waals surface area contributed by atoms with E-state index in [2.05, 4.69) is 10.3 Å². The first-order valence-electron chi connectivity index (χ1n) is 9.28. The van der Waals surface area contributed by atoms with E-state index < -0.39 is 5.60 Å². The SMILES string of the molecule is CC(O)(CC(=O)NC1CCC(Oc2ncccc2Cl)CC1)c1ccccc1. The number of carbonyl (C=O) groups excluding carboxylic acids is 1. The third-order valence-corrected chi connectivity index (χ3v) is 5.23. The summed E-state index contributed by atoms with van der Waals surface area (Å²) in [6.45, 7) is 1.67. The molecule has 2 N–H and O–H groups in total. The number of nitrogens with one attached hydrogen (secondary N) is 1. The molecule has 1 aromatic carbocycles. The summed E-state index contributed by atoms with van der Waals surface area (Å²) >= 11 is 6.08. The van der Waals surface area contributed by atoms with Gasteiger partial charge in [-0.1, -0.05) is 41.9 Å². The molecule has 2 aromatic rings. The Labute approximate surface area is 164 Å². The molecule has 1 aliphatic carbocycles. The summed E-state index contributed by atoms with van der Waals surface area (Å²) < 4.78 is 5.88. The van der Waals surface area contributed by atoms with E-state index in [1.54, 1.807) is 25.3 Å². The van der Waals surface area contributed by atoms with Gasteiger partial charge in [0.15, 0.2) is 0 Å². The number of rotatable bonds is 6. The topological polar surface area (TPSA) is 71.5 Å². The summed E-state index contributed by atoms with van der Waals surface area (Å²) in [5.74, 6) is 0.326. The van der Waals surface area contributed by atoms with Crippen molar-refractivity contribution in [3.63, 3.8) is 0 Å². The average molecular weight is 389 g/mol. The molecule has 5 nitrogen and oxygen atoms in total. The highest BCUT2D eigenvalue weighted by molar-refractivity contribution is 6.31. The van der Waals surface area contributed by atoms with E-state index in [9.17, 15) is 9.90 Å². The van der Waals surface area contributed by atoms with Crippen molar-refractivity contribution < 1.29 is 14.6 Å². The van der Waals surface area contributed by atoms with Crippen molar-refractivity contribution in [1.82, 2.24) is 10.3 Å². The Kier molecular flexibility index (Phi) is 6.34. The number of nitrogens with zero attached hydrogens (tertiary/aromatic N) is 1. The highest BCUT2D eigenvalue weighted by atomic mass is 35.5. The Morgan fingerprint density at radius 1 is 1.22 bits per heavy atom. The molecule has 27 heavy (non-hydrogen) atoms. The molecule has 1 heterocycles. The largest absolute Gasteiger partial charge is 0.473 e. The van der Waals surface area contributed by atoms with E-state index in [1.165, 1.54) is 0 Å². The van der Waals surface area contributed by atoms with Crippen LogP contribution in [0.25, 0.3) is 0 Å². The summed E-state index contributed by atoms with van der Waals surface area (Å²) in [5.41, 5.74) is -0.439. The van der Waals surface area contributed by atoms with Crippen LogP contribution >= 0.6 is 11.6 Å². The molecule has 0 bridgehead atoms. The molecule has 1 aliphatic rings. The molecule has 0 spiro atoms. The van der Waals surface area contributed by atoms with Crippen molar-refractivity contribution in [3.8, 4) is 5.88 Å². The lowest BCUT2D eigenvalue weighted by molar-refractivity contribution is -0.126. The number of hydrogen-bond acceptors (Lipinski definition) is 4. The lowest BCUT2D eigenvalue weighted by atomic mass is 9.90. The van der Waals surface area contributed by atoms with Crippen LogP contribution in [0.4, 0.5) is 0 Å². The Morgan fingerprint density at radius 2 is 1.93 bits per heavy atom. The number of aliphatic hydroxyl groups is 1. The molecule has 144 valence electrons. The van der Waals surface area contributed by atoms with Crippen molar-refractivity contribution in [2.45, 2.75) is 56.8 Å². The van der Waals surface area contributed by atoms with Gasteiger partial charge < -0.3 is 15.2 Å². The van der Waals surface area contributed by atoms with Crippen LogP contribution in [0, 0.1) is 0 Å². The van der Waals surface area contributed by atoms with E-state index in [0.29, 0.717) is 10.9 Å². The normalized spacial score (nSPS) is 21.9. The zero-order valence-electron chi connectivity index (χ0n) is 15.4. The summed E-state index contributed by atoms with van der Waals surface area (Å²) in [5, 5.41) is 14.2. The molecule has 6 heteroatoms. The third-order valence-electron chi connectivity index (χ3n) is 4.94. The number of amides is 1. The summed E-state index contributed by atoms with van der Waals surface area (Å²) in [6.07, 6.45) is 5.06. The first-order valence-corrected chi connectivity index (χ1v) is 9.66. The van der Waals surface area contributed by atoms with Gasteiger partial charge in [0.2, 0.25) is 11.8 Å². The van der Waals surface area contributed by atoms with E-state index >= 15 is 0 Å². The zero-order valence-corrected chi connectivity index (χ0v) is 16.2. The molecule has 0 radical (unpaired) electrons. The fraction of sp³-hybridized carbons (Fsp3) is 0.429. The highest BCUT2D eigenvalue weighted by Gasteiger charge is 2.29. The van der Waals surface area contributed by atoms with Gasteiger partial charge in [-0.25, -0.2) is 4.98 Å². The minimum absolute atomic E-state index is 0.0387. The smallest absolute Gasteiger partial charge is 0.232 e. The Hall–Kier alpha value is -2.11. The van der Waals surface area contributed by atoms with Crippen molar-refractivity contribution >= 4 is 17.5 Å². The number of carbonyl (C=O) groups is 1. The average Bonchev–Trinajstić information content (AvgIpc) is 2.65. The Balaban J connectivity index is 1.46. The number of hydrogen-bond donors (Lipinski definition) is 2. The molecular formula is C21H25ClN2O3. The molecule has 1 saturated carbocycles. The second-order valence-corrected chi connectivity index (χ2v) is 7.67. The standard InChI is InChI=1S/C21H25ClN2O3/c1-21(26,15-6-3-2-4-7-15)14-19(25)24-16-9-11-17(12-10-16)27-20-18(22)8-5-13-23-20/h2-8,13,16-17,26H,9-12,14H2,1H3,(H,24,25). The number of pyridine rings is 1. The van der Waals surface area contributed by atoms with Gasteiger partial charge in [0.1, 0.15) is 11.1 Å². The summed E-state index contributed by atoms with van der Waals surface area (Å²) in [7, 11) is 0. The monoisotopic (exact) mass is 388 g/mol. The van der Waals surface area contributed by atoms with E-state index in [1.807, 2.05) is 30.3 Å². The predicted molar refractivity (Wildman–Crippen MR) is 105 cm³/mol. The lowest BCUT2D eigenvalue weighted by Crippen LogP contribution is -2.42. The van der Waals surface area contributed by atoms with Crippen LogP contribution in [0.1, 0.15) is 44.6 Å². The molecule has 3 rings (SSSR count). The van der Waals surface area contributed by atoms with Crippen LogP contribution in [0.2, 0.25) is 5.02 Å². The van der Waals surface area contributed by atoms with Crippen LogP contribution in [0.3, 0.4) is 0 Å². The van der Waals surface area contributed by atoms with Gasteiger partial charge in [-0.15, -0.1) is 0 Å². The van der Waals surface area contributed by atoms with Crippen LogP contribution in [-0.4, -0.2) is 28.1 Å². The summed E-state index contributed by atoms with van der Waals surface area (Å²) in [6, 6.07) is 12.9. The van der Waals surface area contributed by atoms with Gasteiger partial charge in [-0.2, -0.15) is 0 Å². The van der Waals surface area contributed by atoms with Crippen molar-refractivity contribution in [1.29, 1.82) is 0 Å². The van der Waals surface area contributed by atoms with Crippen molar-refractivity contribution in [2.24, 2.45) is 0 Å². The van der Waals surface area contributed by atoms with Gasteiger partial charge in [0.05, 0.1) is 12.0 Å². The number of halogens is 1. The van der Waals surface area contributed by atoms with Crippen LogP contribution < -0.4 is 10.1 Å². The van der Waals surface area contributed by atoms with Crippen LogP contribution in [0.15, 0.2) is 48.7 Å². The van der Waals surface area contributed by atoms with E-state index in [0.717, 1.165) is 31.2 Å². The predicted octanol–water partition coefficient (Wildman–Crippen LogP) is 3.84. The Bertz CT molecular complexity index is 759. The molecular weight excluding hydrogens is 364 g/mol. The third kappa shape index (κ3) is 5.44. The second-order valence-electron chi connectivity index (χ2n) is 7.27. The minimum atomic E-state index is -1.18. The molecule has 1 aromatic heterocycles.